The van der Waals surface area contributed by atoms with Gasteiger partial charge in [0.15, 0.2) is 11.0 Å². The van der Waals surface area contributed by atoms with Gasteiger partial charge in [-0.15, -0.1) is 0 Å². The van der Waals surface area contributed by atoms with E-state index in [-0.39, 0.29) is 5.15 Å². The van der Waals surface area contributed by atoms with Crippen LogP contribution >= 0.6 is 23.2 Å². The zero-order chi connectivity index (χ0) is 13.3. The minimum absolute atomic E-state index is 0.247. The Morgan fingerprint density at radius 3 is 2.56 bits per heavy atom. The topological polar surface area (TPSA) is 63.8 Å². The highest BCUT2D eigenvalue weighted by Crippen LogP contribution is 2.28. The highest BCUT2D eigenvalue weighted by atomic mass is 35.5. The molecule has 18 heavy (non-hydrogen) atoms. The summed E-state index contributed by atoms with van der Waals surface area (Å²) in [7, 11) is 0. The number of nitrogens with one attached hydrogen (secondary N) is 1. The maximum atomic E-state index is 5.91. The SMILES string of the molecule is Cc1nc(Cl)c(N)c(Nc2ccc(Cl)cc2C)n1. The van der Waals surface area contributed by atoms with Gasteiger partial charge in [-0.2, -0.15) is 0 Å². The molecule has 2 rings (SSSR count). The summed E-state index contributed by atoms with van der Waals surface area (Å²) in [5.74, 6) is 1.06. The lowest BCUT2D eigenvalue weighted by Gasteiger charge is -2.12. The fourth-order valence-corrected chi connectivity index (χ4v) is 1.98. The van der Waals surface area contributed by atoms with Crippen LogP contribution in [0.2, 0.25) is 10.2 Å². The van der Waals surface area contributed by atoms with Crippen molar-refractivity contribution in [2.24, 2.45) is 0 Å². The van der Waals surface area contributed by atoms with Crippen molar-refractivity contribution in [1.82, 2.24) is 9.97 Å². The molecule has 6 heteroatoms. The number of aromatic nitrogens is 2. The molecule has 94 valence electrons. The number of hydrogen-bond acceptors (Lipinski definition) is 4. The van der Waals surface area contributed by atoms with Crippen molar-refractivity contribution >= 4 is 40.4 Å². The third-order valence-electron chi connectivity index (χ3n) is 2.45. The number of nitrogens with zero attached hydrogens (tertiary/aromatic N) is 2. The van der Waals surface area contributed by atoms with E-state index in [2.05, 4.69) is 15.3 Å². The van der Waals surface area contributed by atoms with Crippen molar-refractivity contribution in [2.45, 2.75) is 13.8 Å². The van der Waals surface area contributed by atoms with Gasteiger partial charge in [-0.3, -0.25) is 0 Å². The fraction of sp³-hybridized carbons (Fsp3) is 0.167. The van der Waals surface area contributed by atoms with Gasteiger partial charge in [-0.25, -0.2) is 9.97 Å². The first-order chi connectivity index (χ1) is 8.47. The Balaban J connectivity index is 2.40. The number of aryl methyl sites for hydroxylation is 2. The Bertz CT molecular complexity index is 599. The van der Waals surface area contributed by atoms with Gasteiger partial charge in [0.25, 0.3) is 0 Å². The minimum atomic E-state index is 0.247. The van der Waals surface area contributed by atoms with Gasteiger partial charge in [-0.05, 0) is 37.6 Å². The lowest BCUT2D eigenvalue weighted by molar-refractivity contribution is 1.06. The van der Waals surface area contributed by atoms with Crippen LogP contribution in [0.4, 0.5) is 17.2 Å². The van der Waals surface area contributed by atoms with Gasteiger partial charge in [0.2, 0.25) is 0 Å². The van der Waals surface area contributed by atoms with Gasteiger partial charge in [-0.1, -0.05) is 23.2 Å². The van der Waals surface area contributed by atoms with E-state index in [0.29, 0.717) is 22.4 Å². The second kappa shape index (κ2) is 5.00. The summed E-state index contributed by atoms with van der Waals surface area (Å²) < 4.78 is 0. The van der Waals surface area contributed by atoms with Crippen molar-refractivity contribution in [3.63, 3.8) is 0 Å². The van der Waals surface area contributed by atoms with Crippen LogP contribution in [-0.2, 0) is 0 Å². The molecule has 3 N–H and O–H groups in total. The normalized spacial score (nSPS) is 10.4. The molecule has 0 amide bonds. The molecule has 0 spiro atoms. The first-order valence-electron chi connectivity index (χ1n) is 5.30. The third-order valence-corrected chi connectivity index (χ3v) is 2.98. The zero-order valence-corrected chi connectivity index (χ0v) is 11.5. The average Bonchev–Trinajstić information content (AvgIpc) is 2.29. The lowest BCUT2D eigenvalue weighted by Crippen LogP contribution is -2.04. The molecule has 4 nitrogen and oxygen atoms in total. The molecule has 0 saturated carbocycles. The van der Waals surface area contributed by atoms with E-state index in [1.165, 1.54) is 0 Å². The monoisotopic (exact) mass is 282 g/mol. The van der Waals surface area contributed by atoms with Crippen molar-refractivity contribution in [3.8, 4) is 0 Å². The van der Waals surface area contributed by atoms with Crippen LogP contribution in [0.1, 0.15) is 11.4 Å². The first-order valence-corrected chi connectivity index (χ1v) is 6.06. The van der Waals surface area contributed by atoms with Crippen LogP contribution in [-0.4, -0.2) is 9.97 Å². The Kier molecular flexibility index (Phi) is 3.59. The number of anilines is 3. The zero-order valence-electron chi connectivity index (χ0n) is 9.96. The molecule has 0 aliphatic heterocycles. The maximum Gasteiger partial charge on any atom is 0.158 e. The van der Waals surface area contributed by atoms with E-state index in [1.54, 1.807) is 13.0 Å². The molecule has 1 aromatic heterocycles. The number of halogens is 2. The summed E-state index contributed by atoms with van der Waals surface area (Å²) in [6.07, 6.45) is 0. The van der Waals surface area contributed by atoms with Crippen LogP contribution in [0, 0.1) is 13.8 Å². The van der Waals surface area contributed by atoms with Crippen molar-refractivity contribution < 1.29 is 0 Å². The molecule has 0 bridgehead atoms. The Morgan fingerprint density at radius 2 is 1.89 bits per heavy atom. The van der Waals surface area contributed by atoms with Crippen LogP contribution in [0.5, 0.6) is 0 Å². The molecule has 0 unspecified atom stereocenters. The fourth-order valence-electron chi connectivity index (χ4n) is 1.54. The molecule has 0 radical (unpaired) electrons. The molecule has 0 saturated heterocycles. The molecule has 1 heterocycles. The summed E-state index contributed by atoms with van der Waals surface area (Å²) >= 11 is 11.8. The first kappa shape index (κ1) is 12.9. The molecule has 0 atom stereocenters. The highest BCUT2D eigenvalue weighted by Gasteiger charge is 2.09. The van der Waals surface area contributed by atoms with E-state index >= 15 is 0 Å². The van der Waals surface area contributed by atoms with E-state index in [9.17, 15) is 0 Å². The molecule has 0 aliphatic carbocycles. The second-order valence-electron chi connectivity index (χ2n) is 3.91. The predicted molar refractivity (Wildman–Crippen MR) is 75.7 cm³/mol. The molecule has 1 aromatic carbocycles. The standard InChI is InChI=1S/C12H12Cl2N4/c1-6-5-8(13)3-4-9(6)18-12-10(15)11(14)16-7(2)17-12/h3-5H,15H2,1-2H3,(H,16,17,18). The van der Waals surface area contributed by atoms with Crippen molar-refractivity contribution in [2.75, 3.05) is 11.1 Å². The maximum absolute atomic E-state index is 5.91. The van der Waals surface area contributed by atoms with Gasteiger partial charge >= 0.3 is 0 Å². The molecule has 0 aliphatic rings. The number of nitrogen functional groups attached to an aromatic ring is 1. The van der Waals surface area contributed by atoms with Gasteiger partial charge in [0.1, 0.15) is 11.5 Å². The smallest absolute Gasteiger partial charge is 0.158 e. The van der Waals surface area contributed by atoms with Crippen LogP contribution in [0.15, 0.2) is 18.2 Å². The van der Waals surface area contributed by atoms with E-state index in [0.717, 1.165) is 11.3 Å². The molecule has 0 fully saturated rings. The summed E-state index contributed by atoms with van der Waals surface area (Å²) in [6, 6.07) is 5.51. The minimum Gasteiger partial charge on any atom is -0.393 e. The largest absolute Gasteiger partial charge is 0.393 e. The van der Waals surface area contributed by atoms with Crippen LogP contribution in [0.25, 0.3) is 0 Å². The average molecular weight is 283 g/mol. The predicted octanol–water partition coefficient (Wildman–Crippen LogP) is 3.73. The van der Waals surface area contributed by atoms with E-state index in [4.69, 9.17) is 28.9 Å². The van der Waals surface area contributed by atoms with Gasteiger partial charge in [0, 0.05) is 10.7 Å². The highest BCUT2D eigenvalue weighted by molar-refractivity contribution is 6.32. The van der Waals surface area contributed by atoms with Crippen molar-refractivity contribution in [1.29, 1.82) is 0 Å². The quantitative estimate of drug-likeness (QED) is 0.824. The molecular weight excluding hydrogens is 271 g/mol. The van der Waals surface area contributed by atoms with Crippen molar-refractivity contribution in [3.05, 3.63) is 39.8 Å². The summed E-state index contributed by atoms with van der Waals surface area (Å²) in [4.78, 5) is 8.21. The summed E-state index contributed by atoms with van der Waals surface area (Å²) in [5, 5.41) is 4.06. The Hall–Kier alpha value is -1.52. The second-order valence-corrected chi connectivity index (χ2v) is 4.70. The number of benzene rings is 1. The van der Waals surface area contributed by atoms with Crippen LogP contribution < -0.4 is 11.1 Å². The number of hydrogen-bond donors (Lipinski definition) is 2. The van der Waals surface area contributed by atoms with Crippen LogP contribution in [0.3, 0.4) is 0 Å². The number of rotatable bonds is 2. The Morgan fingerprint density at radius 1 is 1.17 bits per heavy atom. The lowest BCUT2D eigenvalue weighted by atomic mass is 10.2. The Labute approximate surface area is 115 Å². The molecular formula is C12H12Cl2N4. The third kappa shape index (κ3) is 2.66. The van der Waals surface area contributed by atoms with Gasteiger partial charge in [0.05, 0.1) is 0 Å². The van der Waals surface area contributed by atoms with Gasteiger partial charge < -0.3 is 11.1 Å². The summed E-state index contributed by atoms with van der Waals surface area (Å²) in [6.45, 7) is 3.70. The summed E-state index contributed by atoms with van der Waals surface area (Å²) in [5.41, 5.74) is 8.03. The molecule has 2 aromatic rings. The number of nitrogens with two attached hydrogens (primary N) is 1. The van der Waals surface area contributed by atoms with E-state index < -0.39 is 0 Å². The van der Waals surface area contributed by atoms with E-state index in [1.807, 2.05) is 19.1 Å².